The van der Waals surface area contributed by atoms with Crippen molar-refractivity contribution in [2.45, 2.75) is 13.0 Å². The Hall–Kier alpha value is -2.41. The van der Waals surface area contributed by atoms with Gasteiger partial charge in [0.15, 0.2) is 5.69 Å². The molecule has 0 aliphatic rings. The van der Waals surface area contributed by atoms with Crippen molar-refractivity contribution in [3.8, 4) is 0 Å². The summed E-state index contributed by atoms with van der Waals surface area (Å²) in [4.78, 5) is 26.2. The van der Waals surface area contributed by atoms with Gasteiger partial charge in [-0.1, -0.05) is 30.3 Å². The highest BCUT2D eigenvalue weighted by Crippen LogP contribution is 2.09. The minimum absolute atomic E-state index is 0.0449. The van der Waals surface area contributed by atoms with Crippen LogP contribution >= 0.6 is 11.3 Å². The summed E-state index contributed by atoms with van der Waals surface area (Å²) in [6.45, 7) is 0.875. The highest BCUT2D eigenvalue weighted by Gasteiger charge is 2.08. The van der Waals surface area contributed by atoms with E-state index in [1.54, 1.807) is 0 Å². The van der Waals surface area contributed by atoms with Crippen molar-refractivity contribution in [3.63, 3.8) is 0 Å². The Morgan fingerprint density at radius 1 is 1.19 bits per heavy atom. The molecule has 2 aromatic rings. The molecule has 0 atom stereocenters. The van der Waals surface area contributed by atoms with E-state index in [9.17, 15) is 9.59 Å². The zero-order valence-electron chi connectivity index (χ0n) is 11.2. The van der Waals surface area contributed by atoms with Crippen LogP contribution in [0.4, 0.5) is 4.79 Å². The Kier molecular flexibility index (Phi) is 5.28. The zero-order chi connectivity index (χ0) is 15.1. The molecular weight excluding hydrogens is 290 g/mol. The van der Waals surface area contributed by atoms with Crippen LogP contribution in [0.1, 0.15) is 21.1 Å². The van der Waals surface area contributed by atoms with E-state index in [0.717, 1.165) is 5.56 Å². The number of carboxylic acids is 1. The maximum atomic E-state index is 11.6. The van der Waals surface area contributed by atoms with E-state index in [-0.39, 0.29) is 11.7 Å². The van der Waals surface area contributed by atoms with Crippen molar-refractivity contribution >= 4 is 23.3 Å². The predicted octanol–water partition coefficient (Wildman–Crippen LogP) is 1.88. The van der Waals surface area contributed by atoms with Crippen LogP contribution in [0.5, 0.6) is 0 Å². The molecule has 2 amide bonds. The number of rotatable bonds is 6. The number of carbonyl (C=O) groups is 2. The van der Waals surface area contributed by atoms with E-state index < -0.39 is 5.97 Å². The molecule has 0 aliphatic heterocycles. The number of aromatic carboxylic acids is 1. The van der Waals surface area contributed by atoms with E-state index in [2.05, 4.69) is 15.6 Å². The second-order valence-corrected chi connectivity index (χ2v) is 5.22. The number of amides is 2. The Morgan fingerprint density at radius 3 is 2.62 bits per heavy atom. The lowest BCUT2D eigenvalue weighted by Gasteiger charge is -2.06. The number of urea groups is 1. The Labute approximate surface area is 125 Å². The van der Waals surface area contributed by atoms with Crippen LogP contribution in [0.15, 0.2) is 35.7 Å². The van der Waals surface area contributed by atoms with Crippen LogP contribution in [0, 0.1) is 0 Å². The van der Waals surface area contributed by atoms with Crippen molar-refractivity contribution in [3.05, 3.63) is 52.0 Å². The van der Waals surface area contributed by atoms with Gasteiger partial charge in [-0.05, 0) is 5.56 Å². The fourth-order valence-corrected chi connectivity index (χ4v) is 2.42. The van der Waals surface area contributed by atoms with E-state index in [1.165, 1.54) is 16.7 Å². The molecule has 0 spiro atoms. The number of benzene rings is 1. The smallest absolute Gasteiger partial charge is 0.355 e. The first-order valence-electron chi connectivity index (χ1n) is 6.38. The maximum absolute atomic E-state index is 11.6. The van der Waals surface area contributed by atoms with Gasteiger partial charge in [0.05, 0.1) is 5.01 Å². The topological polar surface area (TPSA) is 91.3 Å². The molecule has 0 unspecified atom stereocenters. The molecular formula is C14H15N3O3S. The first kappa shape index (κ1) is 15.0. The molecule has 0 radical (unpaired) electrons. The summed E-state index contributed by atoms with van der Waals surface area (Å²) in [5, 5.41) is 16.4. The highest BCUT2D eigenvalue weighted by molar-refractivity contribution is 7.09. The predicted molar refractivity (Wildman–Crippen MR) is 79.5 cm³/mol. The molecule has 0 saturated heterocycles. The third-order valence-corrected chi connectivity index (χ3v) is 3.60. The van der Waals surface area contributed by atoms with Gasteiger partial charge in [0.25, 0.3) is 0 Å². The van der Waals surface area contributed by atoms with Crippen LogP contribution < -0.4 is 10.6 Å². The fraction of sp³-hybridized carbons (Fsp3) is 0.214. The van der Waals surface area contributed by atoms with E-state index >= 15 is 0 Å². The molecule has 1 heterocycles. The molecule has 110 valence electrons. The second kappa shape index (κ2) is 7.39. The quantitative estimate of drug-likeness (QED) is 0.760. The average Bonchev–Trinajstić information content (AvgIpc) is 2.95. The molecule has 1 aromatic carbocycles. The van der Waals surface area contributed by atoms with Crippen LogP contribution in [-0.4, -0.2) is 28.6 Å². The monoisotopic (exact) mass is 305 g/mol. The number of nitrogens with zero attached hydrogens (tertiary/aromatic N) is 1. The summed E-state index contributed by atoms with van der Waals surface area (Å²) >= 11 is 1.28. The van der Waals surface area contributed by atoms with Gasteiger partial charge in [-0.15, -0.1) is 11.3 Å². The number of hydrogen-bond donors (Lipinski definition) is 3. The SMILES string of the molecule is O=C(NCCc1nc(C(=O)O)cs1)NCc1ccccc1. The third-order valence-electron chi connectivity index (χ3n) is 2.69. The summed E-state index contributed by atoms with van der Waals surface area (Å²) in [6, 6.07) is 9.36. The standard InChI is InChI=1S/C14H15N3O3S/c18-13(19)11-9-21-12(17-11)6-7-15-14(20)16-8-10-4-2-1-3-5-10/h1-5,9H,6-8H2,(H,18,19)(H2,15,16,20). The first-order chi connectivity index (χ1) is 10.1. The van der Waals surface area contributed by atoms with Gasteiger partial charge in [0.1, 0.15) is 0 Å². The lowest BCUT2D eigenvalue weighted by molar-refractivity contribution is 0.0691. The van der Waals surface area contributed by atoms with Crippen molar-refractivity contribution in [1.29, 1.82) is 0 Å². The fourth-order valence-electron chi connectivity index (χ4n) is 1.65. The van der Waals surface area contributed by atoms with Gasteiger partial charge in [0.2, 0.25) is 0 Å². The molecule has 1 aromatic heterocycles. The van der Waals surface area contributed by atoms with E-state index in [4.69, 9.17) is 5.11 Å². The average molecular weight is 305 g/mol. The molecule has 21 heavy (non-hydrogen) atoms. The van der Waals surface area contributed by atoms with Crippen LogP contribution in [0.25, 0.3) is 0 Å². The summed E-state index contributed by atoms with van der Waals surface area (Å²) in [6.07, 6.45) is 0.511. The minimum atomic E-state index is -1.04. The third kappa shape index (κ3) is 4.88. The van der Waals surface area contributed by atoms with Gasteiger partial charge < -0.3 is 15.7 Å². The van der Waals surface area contributed by atoms with E-state index in [1.807, 2.05) is 30.3 Å². The van der Waals surface area contributed by atoms with Crippen molar-refractivity contribution in [2.24, 2.45) is 0 Å². The molecule has 0 aliphatic carbocycles. The molecule has 0 fully saturated rings. The lowest BCUT2D eigenvalue weighted by atomic mass is 10.2. The van der Waals surface area contributed by atoms with Crippen LogP contribution in [0.3, 0.4) is 0 Å². The largest absolute Gasteiger partial charge is 0.476 e. The molecule has 2 rings (SSSR count). The number of aromatic nitrogens is 1. The van der Waals surface area contributed by atoms with Crippen molar-refractivity contribution in [1.82, 2.24) is 15.6 Å². The normalized spacial score (nSPS) is 10.1. The number of carbonyl (C=O) groups excluding carboxylic acids is 1. The van der Waals surface area contributed by atoms with Gasteiger partial charge >= 0.3 is 12.0 Å². The van der Waals surface area contributed by atoms with Gasteiger partial charge in [-0.25, -0.2) is 14.6 Å². The summed E-state index contributed by atoms with van der Waals surface area (Å²) in [5.74, 6) is -1.04. The van der Waals surface area contributed by atoms with Crippen molar-refractivity contribution < 1.29 is 14.7 Å². The second-order valence-electron chi connectivity index (χ2n) is 4.28. The summed E-state index contributed by atoms with van der Waals surface area (Å²) in [5.41, 5.74) is 1.07. The maximum Gasteiger partial charge on any atom is 0.355 e. The molecule has 3 N–H and O–H groups in total. The van der Waals surface area contributed by atoms with Gasteiger partial charge in [0, 0.05) is 24.9 Å². The number of hydrogen-bond acceptors (Lipinski definition) is 4. The Balaban J connectivity index is 1.68. The Bertz CT molecular complexity index is 613. The minimum Gasteiger partial charge on any atom is -0.476 e. The molecule has 7 heteroatoms. The molecule has 0 bridgehead atoms. The molecule has 6 nitrogen and oxygen atoms in total. The summed E-state index contributed by atoms with van der Waals surface area (Å²) < 4.78 is 0. The number of nitrogens with one attached hydrogen (secondary N) is 2. The van der Waals surface area contributed by atoms with Crippen LogP contribution in [0.2, 0.25) is 0 Å². The van der Waals surface area contributed by atoms with Gasteiger partial charge in [-0.2, -0.15) is 0 Å². The number of thiazole rings is 1. The summed E-state index contributed by atoms with van der Waals surface area (Å²) in [7, 11) is 0. The lowest BCUT2D eigenvalue weighted by Crippen LogP contribution is -2.36. The van der Waals surface area contributed by atoms with Crippen LogP contribution in [-0.2, 0) is 13.0 Å². The highest BCUT2D eigenvalue weighted by atomic mass is 32.1. The van der Waals surface area contributed by atoms with Gasteiger partial charge in [-0.3, -0.25) is 0 Å². The van der Waals surface area contributed by atoms with Crippen molar-refractivity contribution in [2.75, 3.05) is 6.54 Å². The zero-order valence-corrected chi connectivity index (χ0v) is 12.0. The number of carboxylic acid groups (broad SMARTS) is 1. The Morgan fingerprint density at radius 2 is 1.95 bits per heavy atom. The first-order valence-corrected chi connectivity index (χ1v) is 7.26. The van der Waals surface area contributed by atoms with E-state index in [0.29, 0.717) is 24.5 Å². The molecule has 0 saturated carbocycles.